The largest absolute Gasteiger partial charge is 0.478 e. The van der Waals surface area contributed by atoms with Crippen LogP contribution < -0.4 is 11.5 Å². The van der Waals surface area contributed by atoms with Crippen LogP contribution in [-0.4, -0.2) is 22.9 Å². The first kappa shape index (κ1) is 21.1. The number of carbonyl (C=O) groups is 3. The fourth-order valence-corrected chi connectivity index (χ4v) is 1.79. The summed E-state index contributed by atoms with van der Waals surface area (Å²) in [5.41, 5.74) is 11.4. The molecule has 0 fully saturated rings. The number of amides is 2. The molecule has 0 heterocycles. The Morgan fingerprint density at radius 3 is 0.926 bits per heavy atom. The average Bonchev–Trinajstić information content (AvgIpc) is 2.71. The molecule has 6 heteroatoms. The third-order valence-electron chi connectivity index (χ3n) is 3.14. The van der Waals surface area contributed by atoms with Gasteiger partial charge in [0.2, 0.25) is 11.8 Å². The Balaban J connectivity index is 0.000000202. The molecule has 0 saturated carbocycles. The lowest BCUT2D eigenvalue weighted by atomic mass is 10.2. The quantitative estimate of drug-likeness (QED) is 0.661. The monoisotopic (exact) mass is 364 g/mol. The topological polar surface area (TPSA) is 123 Å². The smallest absolute Gasteiger partial charge is 0.335 e. The Morgan fingerprint density at radius 1 is 0.519 bits per heavy atom. The number of benzene rings is 3. The molecule has 3 aromatic carbocycles. The Labute approximate surface area is 157 Å². The average molecular weight is 364 g/mol. The third-order valence-corrected chi connectivity index (χ3v) is 3.14. The minimum atomic E-state index is -0.879. The minimum Gasteiger partial charge on any atom is -0.478 e. The summed E-state index contributed by atoms with van der Waals surface area (Å²) in [4.78, 5) is 31.0. The van der Waals surface area contributed by atoms with E-state index >= 15 is 0 Å². The number of carboxylic acid groups (broad SMARTS) is 1. The van der Waals surface area contributed by atoms with Crippen LogP contribution >= 0.6 is 0 Å². The van der Waals surface area contributed by atoms with Gasteiger partial charge in [-0.05, 0) is 36.4 Å². The van der Waals surface area contributed by atoms with Crippen LogP contribution in [0, 0.1) is 0 Å². The SMILES string of the molecule is NC(=O)c1ccccc1.NC(=O)c1ccccc1.O=C(O)c1ccccc1. The van der Waals surface area contributed by atoms with Crippen LogP contribution in [0.5, 0.6) is 0 Å². The molecule has 0 aliphatic rings. The number of nitrogens with two attached hydrogens (primary N) is 2. The molecule has 3 rings (SSSR count). The molecule has 138 valence electrons. The van der Waals surface area contributed by atoms with E-state index in [9.17, 15) is 14.4 Å². The molecule has 5 N–H and O–H groups in total. The van der Waals surface area contributed by atoms with Gasteiger partial charge in [0.05, 0.1) is 5.56 Å². The lowest BCUT2D eigenvalue weighted by Gasteiger charge is -1.89. The molecule has 0 radical (unpaired) electrons. The van der Waals surface area contributed by atoms with Gasteiger partial charge in [-0.25, -0.2) is 4.79 Å². The molecule has 0 saturated heterocycles. The highest BCUT2D eigenvalue weighted by Crippen LogP contribution is 1.96. The van der Waals surface area contributed by atoms with Gasteiger partial charge in [0.1, 0.15) is 0 Å². The molecule has 0 aliphatic heterocycles. The molecular formula is C21H20N2O4. The van der Waals surface area contributed by atoms with E-state index in [1.807, 2.05) is 12.1 Å². The van der Waals surface area contributed by atoms with E-state index < -0.39 is 5.97 Å². The Kier molecular flexibility index (Phi) is 9.07. The Bertz CT molecular complexity index is 733. The highest BCUT2D eigenvalue weighted by atomic mass is 16.4. The van der Waals surface area contributed by atoms with Gasteiger partial charge in [0.25, 0.3) is 0 Å². The van der Waals surface area contributed by atoms with Crippen molar-refractivity contribution >= 4 is 17.8 Å². The second-order valence-electron chi connectivity index (χ2n) is 5.13. The molecule has 2 amide bonds. The van der Waals surface area contributed by atoms with Crippen LogP contribution in [-0.2, 0) is 0 Å². The lowest BCUT2D eigenvalue weighted by Crippen LogP contribution is -2.09. The van der Waals surface area contributed by atoms with Gasteiger partial charge < -0.3 is 16.6 Å². The summed E-state index contributed by atoms with van der Waals surface area (Å²) >= 11 is 0. The third kappa shape index (κ3) is 8.64. The van der Waals surface area contributed by atoms with Gasteiger partial charge in [0, 0.05) is 11.1 Å². The van der Waals surface area contributed by atoms with Crippen molar-refractivity contribution in [1.82, 2.24) is 0 Å². The number of primary amides is 2. The second-order valence-corrected chi connectivity index (χ2v) is 5.13. The van der Waals surface area contributed by atoms with Crippen LogP contribution in [0.2, 0.25) is 0 Å². The van der Waals surface area contributed by atoms with Crippen molar-refractivity contribution in [2.75, 3.05) is 0 Å². The molecule has 6 nitrogen and oxygen atoms in total. The van der Waals surface area contributed by atoms with Gasteiger partial charge >= 0.3 is 5.97 Å². The van der Waals surface area contributed by atoms with Crippen molar-refractivity contribution in [3.63, 3.8) is 0 Å². The zero-order valence-corrected chi connectivity index (χ0v) is 14.5. The zero-order chi connectivity index (χ0) is 20.1. The number of carboxylic acids is 1. The van der Waals surface area contributed by atoms with E-state index in [-0.39, 0.29) is 11.8 Å². The minimum absolute atomic E-state index is 0.331. The van der Waals surface area contributed by atoms with Crippen LogP contribution in [0.4, 0.5) is 0 Å². The second kappa shape index (κ2) is 11.6. The van der Waals surface area contributed by atoms with Gasteiger partial charge in [0.15, 0.2) is 0 Å². The fourth-order valence-electron chi connectivity index (χ4n) is 1.79. The molecule has 0 spiro atoms. The first-order chi connectivity index (χ1) is 12.9. The van der Waals surface area contributed by atoms with E-state index in [0.717, 1.165) is 0 Å². The first-order valence-electron chi connectivity index (χ1n) is 7.90. The van der Waals surface area contributed by atoms with E-state index in [2.05, 4.69) is 0 Å². The summed E-state index contributed by atoms with van der Waals surface area (Å²) in [5.74, 6) is -1.64. The van der Waals surface area contributed by atoms with Crippen molar-refractivity contribution in [3.8, 4) is 0 Å². The lowest BCUT2D eigenvalue weighted by molar-refractivity contribution is 0.0696. The van der Waals surface area contributed by atoms with Gasteiger partial charge in [-0.15, -0.1) is 0 Å². The zero-order valence-electron chi connectivity index (χ0n) is 14.5. The van der Waals surface area contributed by atoms with Crippen molar-refractivity contribution in [3.05, 3.63) is 108 Å². The maximum Gasteiger partial charge on any atom is 0.335 e. The highest BCUT2D eigenvalue weighted by Gasteiger charge is 1.96. The number of hydrogen-bond donors (Lipinski definition) is 3. The molecule has 0 unspecified atom stereocenters. The molecule has 0 aliphatic carbocycles. The maximum absolute atomic E-state index is 10.4. The number of aromatic carboxylic acids is 1. The maximum atomic E-state index is 10.4. The van der Waals surface area contributed by atoms with Gasteiger partial charge in [-0.3, -0.25) is 9.59 Å². The summed E-state index contributed by atoms with van der Waals surface area (Å²) in [6.07, 6.45) is 0. The molecule has 0 atom stereocenters. The van der Waals surface area contributed by atoms with Crippen molar-refractivity contribution in [2.45, 2.75) is 0 Å². The van der Waals surface area contributed by atoms with Crippen LogP contribution in [0.1, 0.15) is 31.1 Å². The van der Waals surface area contributed by atoms with Crippen LogP contribution in [0.3, 0.4) is 0 Å². The predicted molar refractivity (Wildman–Crippen MR) is 103 cm³/mol. The normalized spacial score (nSPS) is 8.89. The summed E-state index contributed by atoms with van der Waals surface area (Å²) in [7, 11) is 0. The summed E-state index contributed by atoms with van der Waals surface area (Å²) in [5, 5.41) is 8.38. The Hall–Kier alpha value is -3.93. The predicted octanol–water partition coefficient (Wildman–Crippen LogP) is 2.96. The Morgan fingerprint density at radius 2 is 0.778 bits per heavy atom. The molecular weight excluding hydrogens is 344 g/mol. The van der Waals surface area contributed by atoms with Gasteiger partial charge in [-0.2, -0.15) is 0 Å². The van der Waals surface area contributed by atoms with Crippen molar-refractivity contribution < 1.29 is 19.5 Å². The van der Waals surface area contributed by atoms with Crippen LogP contribution in [0.25, 0.3) is 0 Å². The number of carbonyl (C=O) groups excluding carboxylic acids is 2. The van der Waals surface area contributed by atoms with E-state index in [4.69, 9.17) is 16.6 Å². The molecule has 27 heavy (non-hydrogen) atoms. The summed E-state index contributed by atoms with van der Waals surface area (Å²) in [6.45, 7) is 0. The molecule has 0 bridgehead atoms. The van der Waals surface area contributed by atoms with E-state index in [1.165, 1.54) is 0 Å². The van der Waals surface area contributed by atoms with Gasteiger partial charge in [-0.1, -0.05) is 54.6 Å². The first-order valence-corrected chi connectivity index (χ1v) is 7.90. The number of rotatable bonds is 3. The van der Waals surface area contributed by atoms with E-state index in [0.29, 0.717) is 16.7 Å². The molecule has 3 aromatic rings. The highest BCUT2D eigenvalue weighted by molar-refractivity contribution is 5.93. The van der Waals surface area contributed by atoms with Crippen molar-refractivity contribution in [2.24, 2.45) is 11.5 Å². The van der Waals surface area contributed by atoms with Crippen LogP contribution in [0.15, 0.2) is 91.0 Å². The number of hydrogen-bond acceptors (Lipinski definition) is 3. The summed E-state index contributed by atoms with van der Waals surface area (Å²) < 4.78 is 0. The van der Waals surface area contributed by atoms with Crippen molar-refractivity contribution in [1.29, 1.82) is 0 Å². The van der Waals surface area contributed by atoms with E-state index in [1.54, 1.807) is 78.9 Å². The molecule has 0 aromatic heterocycles. The fraction of sp³-hybridized carbons (Fsp3) is 0. The summed E-state index contributed by atoms with van der Waals surface area (Å²) in [6, 6.07) is 25.8. The standard InChI is InChI=1S/2C7H7NO.C7H6O2/c3*8-7(9)6-4-2-1-3-5-6/h2*1-5H,(H2,8,9);1-5H,(H,8,9).